The van der Waals surface area contributed by atoms with Gasteiger partial charge in [-0.2, -0.15) is 0 Å². The number of aromatic carboxylic acids is 1. The maximum atomic E-state index is 12.0. The molecule has 1 aliphatic rings. The van der Waals surface area contributed by atoms with Crippen molar-refractivity contribution in [3.05, 3.63) is 21.7 Å². The molecule has 19 heavy (non-hydrogen) atoms. The van der Waals surface area contributed by atoms with Gasteiger partial charge in [-0.05, 0) is 13.8 Å². The molecule has 1 aromatic rings. The largest absolute Gasteiger partial charge is 0.476 e. The topological polar surface area (TPSA) is 109 Å². The molecule has 0 radical (unpaired) electrons. The summed E-state index contributed by atoms with van der Waals surface area (Å²) in [7, 11) is 0. The Kier molecular flexibility index (Phi) is 3.50. The number of aromatic nitrogens is 2. The number of rotatable bonds is 3. The average molecular weight is 265 g/mol. The van der Waals surface area contributed by atoms with E-state index in [0.29, 0.717) is 30.6 Å². The van der Waals surface area contributed by atoms with Crippen molar-refractivity contribution in [2.45, 2.75) is 26.9 Å². The van der Waals surface area contributed by atoms with Crippen LogP contribution in [0.3, 0.4) is 0 Å². The van der Waals surface area contributed by atoms with Crippen LogP contribution in [0.5, 0.6) is 0 Å². The second kappa shape index (κ2) is 5.09. The second-order valence-electron chi connectivity index (χ2n) is 3.93. The highest BCUT2D eigenvalue weighted by atomic mass is 16.4. The summed E-state index contributed by atoms with van der Waals surface area (Å²) in [5.74, 6) is -0.263. The van der Waals surface area contributed by atoms with E-state index in [1.807, 2.05) is 6.92 Å². The van der Waals surface area contributed by atoms with Gasteiger partial charge in [0.1, 0.15) is 11.5 Å². The Labute approximate surface area is 109 Å². The number of hydrogen-bond acceptors (Lipinski definition) is 6. The second-order valence-corrected chi connectivity index (χ2v) is 3.93. The fraction of sp³-hybridized carbons (Fsp3) is 0.455. The molecule has 102 valence electrons. The number of hydrogen-bond donors (Lipinski definition) is 3. The van der Waals surface area contributed by atoms with Crippen LogP contribution in [0.15, 0.2) is 9.79 Å². The summed E-state index contributed by atoms with van der Waals surface area (Å²) >= 11 is 0. The van der Waals surface area contributed by atoms with Crippen LogP contribution >= 0.6 is 0 Å². The lowest BCUT2D eigenvalue weighted by Crippen LogP contribution is -2.38. The Balaban J connectivity index is 2.53. The van der Waals surface area contributed by atoms with Crippen LogP contribution in [-0.4, -0.2) is 33.1 Å². The predicted octanol–water partition coefficient (Wildman–Crippen LogP) is -0.148. The van der Waals surface area contributed by atoms with Crippen LogP contribution < -0.4 is 16.2 Å². The van der Waals surface area contributed by atoms with Gasteiger partial charge in [0, 0.05) is 13.1 Å². The number of carboxylic acids is 1. The molecule has 0 unspecified atom stereocenters. The molecule has 1 aromatic heterocycles. The molecule has 0 saturated heterocycles. The van der Waals surface area contributed by atoms with Crippen molar-refractivity contribution in [2.24, 2.45) is 4.99 Å². The Morgan fingerprint density at radius 1 is 1.53 bits per heavy atom. The van der Waals surface area contributed by atoms with E-state index in [0.717, 1.165) is 0 Å². The molecule has 0 saturated carbocycles. The van der Waals surface area contributed by atoms with E-state index in [4.69, 9.17) is 5.11 Å². The van der Waals surface area contributed by atoms with Crippen molar-refractivity contribution >= 4 is 17.7 Å². The molecule has 0 amide bonds. The minimum Gasteiger partial charge on any atom is -0.476 e. The quantitative estimate of drug-likeness (QED) is 0.701. The van der Waals surface area contributed by atoms with Crippen LogP contribution in [0.1, 0.15) is 30.0 Å². The third kappa shape index (κ3) is 2.28. The van der Waals surface area contributed by atoms with Crippen molar-refractivity contribution in [1.29, 1.82) is 0 Å². The molecule has 1 aliphatic heterocycles. The van der Waals surface area contributed by atoms with Crippen molar-refractivity contribution in [2.75, 3.05) is 11.9 Å². The van der Waals surface area contributed by atoms with Crippen molar-refractivity contribution in [1.82, 2.24) is 14.9 Å². The van der Waals surface area contributed by atoms with Gasteiger partial charge in [-0.15, -0.1) is 0 Å². The molecule has 0 spiro atoms. The Bertz CT molecular complexity index is 605. The van der Waals surface area contributed by atoms with E-state index in [2.05, 4.69) is 20.6 Å². The maximum Gasteiger partial charge on any atom is 0.360 e. The minimum atomic E-state index is -1.32. The number of nitrogens with zero attached hydrogens (tertiary/aromatic N) is 3. The van der Waals surface area contributed by atoms with Gasteiger partial charge in [0.25, 0.3) is 5.56 Å². The number of aliphatic imine (C=N–C) groups is 1. The summed E-state index contributed by atoms with van der Waals surface area (Å²) in [5.41, 5.74) is -0.621. The van der Waals surface area contributed by atoms with E-state index in [1.54, 1.807) is 6.92 Å². The molecule has 2 rings (SSSR count). The first kappa shape index (κ1) is 13.1. The zero-order valence-electron chi connectivity index (χ0n) is 10.7. The molecular weight excluding hydrogens is 250 g/mol. The first-order valence-corrected chi connectivity index (χ1v) is 6.00. The summed E-state index contributed by atoms with van der Waals surface area (Å²) < 4.78 is 1.36. The minimum absolute atomic E-state index is 0.241. The Morgan fingerprint density at radius 3 is 2.84 bits per heavy atom. The first-order valence-electron chi connectivity index (χ1n) is 6.00. The van der Waals surface area contributed by atoms with E-state index in [9.17, 15) is 9.59 Å². The van der Waals surface area contributed by atoms with Gasteiger partial charge in [-0.1, -0.05) is 0 Å². The molecule has 3 N–H and O–H groups in total. The van der Waals surface area contributed by atoms with Gasteiger partial charge in [-0.25, -0.2) is 14.8 Å². The summed E-state index contributed by atoms with van der Waals surface area (Å²) in [6.45, 7) is 4.99. The fourth-order valence-corrected chi connectivity index (χ4v) is 1.88. The molecule has 0 aliphatic carbocycles. The SMILES string of the molecule is CCNC1=NCc2nc(C(=O)O)c(=O)n(CC)c2N1. The van der Waals surface area contributed by atoms with Crippen LogP contribution in [0.2, 0.25) is 0 Å². The van der Waals surface area contributed by atoms with Crippen LogP contribution in [-0.2, 0) is 13.1 Å². The maximum absolute atomic E-state index is 12.0. The van der Waals surface area contributed by atoms with Gasteiger partial charge in [0.15, 0.2) is 5.96 Å². The van der Waals surface area contributed by atoms with Crippen molar-refractivity contribution < 1.29 is 9.90 Å². The number of nitrogens with one attached hydrogen (secondary N) is 2. The number of carboxylic acid groups (broad SMARTS) is 1. The molecule has 0 fully saturated rings. The van der Waals surface area contributed by atoms with Gasteiger partial charge < -0.3 is 15.7 Å². The standard InChI is InChI=1S/C11H15N5O3/c1-3-12-11-13-5-6-8(15-11)16(4-2)9(17)7(14-6)10(18)19/h3-5H2,1-2H3,(H,18,19)(H2,12,13,15). The van der Waals surface area contributed by atoms with Gasteiger partial charge >= 0.3 is 5.97 Å². The summed E-state index contributed by atoms with van der Waals surface area (Å²) in [6, 6.07) is 0. The van der Waals surface area contributed by atoms with E-state index in [-0.39, 0.29) is 6.54 Å². The Hall–Kier alpha value is -2.38. The molecule has 2 heterocycles. The van der Waals surface area contributed by atoms with Crippen molar-refractivity contribution in [3.8, 4) is 0 Å². The van der Waals surface area contributed by atoms with Crippen molar-refractivity contribution in [3.63, 3.8) is 0 Å². The fourth-order valence-electron chi connectivity index (χ4n) is 1.88. The van der Waals surface area contributed by atoms with Gasteiger partial charge in [0.2, 0.25) is 5.69 Å². The molecular formula is C11H15N5O3. The van der Waals surface area contributed by atoms with Crippen LogP contribution in [0.4, 0.5) is 5.82 Å². The monoisotopic (exact) mass is 265 g/mol. The highest BCUT2D eigenvalue weighted by molar-refractivity contribution is 5.95. The molecule has 0 atom stereocenters. The van der Waals surface area contributed by atoms with E-state index < -0.39 is 17.2 Å². The van der Waals surface area contributed by atoms with E-state index in [1.165, 1.54) is 4.57 Å². The van der Waals surface area contributed by atoms with Crippen LogP contribution in [0.25, 0.3) is 0 Å². The normalized spacial score (nSPS) is 13.3. The lowest BCUT2D eigenvalue weighted by atomic mass is 10.3. The molecule has 0 aromatic carbocycles. The smallest absolute Gasteiger partial charge is 0.360 e. The number of carbonyl (C=O) groups is 1. The van der Waals surface area contributed by atoms with Gasteiger partial charge in [0.05, 0.1) is 6.54 Å². The lowest BCUT2D eigenvalue weighted by molar-refractivity contribution is 0.0687. The molecule has 8 nitrogen and oxygen atoms in total. The summed E-state index contributed by atoms with van der Waals surface area (Å²) in [5, 5.41) is 15.0. The molecule has 0 bridgehead atoms. The first-order chi connectivity index (χ1) is 9.08. The highest BCUT2D eigenvalue weighted by Crippen LogP contribution is 2.17. The van der Waals surface area contributed by atoms with Crippen LogP contribution in [0, 0.1) is 0 Å². The lowest BCUT2D eigenvalue weighted by Gasteiger charge is -2.21. The number of fused-ring (bicyclic) bond motifs is 1. The predicted molar refractivity (Wildman–Crippen MR) is 69.6 cm³/mol. The number of anilines is 1. The zero-order chi connectivity index (χ0) is 14.0. The zero-order valence-corrected chi connectivity index (χ0v) is 10.7. The number of guanidine groups is 1. The van der Waals surface area contributed by atoms with Gasteiger partial charge in [-0.3, -0.25) is 9.36 Å². The third-order valence-corrected chi connectivity index (χ3v) is 2.72. The average Bonchev–Trinajstić information content (AvgIpc) is 2.38. The highest BCUT2D eigenvalue weighted by Gasteiger charge is 2.22. The third-order valence-electron chi connectivity index (χ3n) is 2.72. The summed E-state index contributed by atoms with van der Waals surface area (Å²) in [6.07, 6.45) is 0. The Morgan fingerprint density at radius 2 is 2.26 bits per heavy atom. The summed E-state index contributed by atoms with van der Waals surface area (Å²) in [4.78, 5) is 31.1. The molecule has 8 heteroatoms. The van der Waals surface area contributed by atoms with E-state index >= 15 is 0 Å².